The zero-order valence-corrected chi connectivity index (χ0v) is 18.4. The molecule has 180 valence electrons. The first-order valence-corrected chi connectivity index (χ1v) is 11.4. The SMILES string of the molecule is O=C(c1csnn1)N1CCC2(CCCN(Cc3cc(C(F)(F)F)cc(C(F)(F)F)c3)C2)CC1. The number of aromatic nitrogens is 2. The topological polar surface area (TPSA) is 49.3 Å². The van der Waals surface area contributed by atoms with E-state index in [2.05, 4.69) is 9.59 Å². The van der Waals surface area contributed by atoms with Crippen LogP contribution in [0.15, 0.2) is 23.6 Å². The van der Waals surface area contributed by atoms with Gasteiger partial charge >= 0.3 is 12.4 Å². The standard InChI is InChI=1S/C21H22F6N4OS/c22-20(23,24)15-8-14(9-16(10-15)21(25,26)27)11-30-5-1-2-19(13-30)3-6-31(7-4-19)18(32)17-12-33-29-28-17/h8-10,12H,1-7,11,13H2. The van der Waals surface area contributed by atoms with Crippen molar-refractivity contribution in [3.8, 4) is 0 Å². The van der Waals surface area contributed by atoms with Crippen molar-refractivity contribution in [2.75, 3.05) is 26.2 Å². The van der Waals surface area contributed by atoms with Gasteiger partial charge in [0.25, 0.3) is 5.91 Å². The Morgan fingerprint density at radius 1 is 0.970 bits per heavy atom. The maximum Gasteiger partial charge on any atom is 0.416 e. The molecule has 2 aromatic rings. The molecule has 0 unspecified atom stereocenters. The van der Waals surface area contributed by atoms with Gasteiger partial charge in [0.15, 0.2) is 5.69 Å². The number of halogens is 6. The molecule has 0 atom stereocenters. The molecule has 2 fully saturated rings. The monoisotopic (exact) mass is 492 g/mol. The van der Waals surface area contributed by atoms with E-state index < -0.39 is 23.5 Å². The summed E-state index contributed by atoms with van der Waals surface area (Å²) < 4.78 is 82.8. The fraction of sp³-hybridized carbons (Fsp3) is 0.571. The van der Waals surface area contributed by atoms with E-state index in [1.54, 1.807) is 10.3 Å². The van der Waals surface area contributed by atoms with E-state index in [0.717, 1.165) is 49.3 Å². The molecule has 33 heavy (non-hydrogen) atoms. The quantitative estimate of drug-likeness (QED) is 0.560. The van der Waals surface area contributed by atoms with Gasteiger partial charge < -0.3 is 4.90 Å². The minimum absolute atomic E-state index is 0.00199. The van der Waals surface area contributed by atoms with Crippen LogP contribution >= 0.6 is 11.5 Å². The number of alkyl halides is 6. The molecule has 2 aliphatic heterocycles. The first-order chi connectivity index (χ1) is 15.5. The van der Waals surface area contributed by atoms with E-state index in [9.17, 15) is 31.1 Å². The van der Waals surface area contributed by atoms with Crippen LogP contribution in [0.1, 0.15) is 52.9 Å². The van der Waals surface area contributed by atoms with Crippen molar-refractivity contribution < 1.29 is 31.1 Å². The smallest absolute Gasteiger partial charge is 0.337 e. The highest BCUT2D eigenvalue weighted by molar-refractivity contribution is 7.03. The number of carbonyl (C=O) groups excluding carboxylic acids is 1. The molecule has 0 saturated carbocycles. The maximum absolute atomic E-state index is 13.2. The van der Waals surface area contributed by atoms with Crippen LogP contribution in [0.5, 0.6) is 0 Å². The average molecular weight is 492 g/mol. The molecule has 0 radical (unpaired) electrons. The summed E-state index contributed by atoms with van der Waals surface area (Å²) in [6.45, 7) is 2.26. The predicted molar refractivity (Wildman–Crippen MR) is 108 cm³/mol. The number of amides is 1. The Balaban J connectivity index is 1.45. The number of piperidine rings is 2. The van der Waals surface area contributed by atoms with Crippen LogP contribution < -0.4 is 0 Å². The highest BCUT2D eigenvalue weighted by Crippen LogP contribution is 2.41. The van der Waals surface area contributed by atoms with Crippen molar-refractivity contribution in [2.24, 2.45) is 5.41 Å². The third-order valence-corrected chi connectivity index (χ3v) is 6.99. The van der Waals surface area contributed by atoms with E-state index in [1.807, 2.05) is 4.90 Å². The Morgan fingerprint density at radius 3 is 2.15 bits per heavy atom. The van der Waals surface area contributed by atoms with E-state index in [-0.39, 0.29) is 29.5 Å². The second-order valence-corrected chi connectivity index (χ2v) is 9.42. The summed E-state index contributed by atoms with van der Waals surface area (Å²) in [5, 5.41) is 5.41. The Labute approximate surface area is 190 Å². The first kappa shape index (κ1) is 23.9. The molecule has 1 amide bonds. The highest BCUT2D eigenvalue weighted by atomic mass is 32.1. The van der Waals surface area contributed by atoms with Crippen molar-refractivity contribution in [1.29, 1.82) is 0 Å². The summed E-state index contributed by atoms with van der Waals surface area (Å²) in [7, 11) is 0. The van der Waals surface area contributed by atoms with Gasteiger partial charge in [-0.2, -0.15) is 26.3 Å². The van der Waals surface area contributed by atoms with Crippen molar-refractivity contribution in [2.45, 2.75) is 44.6 Å². The van der Waals surface area contributed by atoms with Crippen LogP contribution in [0.2, 0.25) is 0 Å². The number of hydrogen-bond acceptors (Lipinski definition) is 5. The first-order valence-electron chi connectivity index (χ1n) is 10.5. The molecule has 1 spiro atoms. The minimum atomic E-state index is -4.86. The third-order valence-electron chi connectivity index (χ3n) is 6.48. The van der Waals surface area contributed by atoms with Gasteiger partial charge in [0.2, 0.25) is 0 Å². The van der Waals surface area contributed by atoms with Crippen LogP contribution in [0, 0.1) is 5.41 Å². The van der Waals surface area contributed by atoms with Crippen molar-refractivity contribution in [3.05, 3.63) is 46.0 Å². The van der Waals surface area contributed by atoms with Crippen LogP contribution in [0.4, 0.5) is 26.3 Å². The van der Waals surface area contributed by atoms with Gasteiger partial charge in [0.1, 0.15) is 0 Å². The van der Waals surface area contributed by atoms with Crippen LogP contribution in [-0.2, 0) is 18.9 Å². The zero-order chi connectivity index (χ0) is 23.9. The minimum Gasteiger partial charge on any atom is -0.337 e. The molecule has 2 aliphatic rings. The van der Waals surface area contributed by atoms with Gasteiger partial charge in [-0.15, -0.1) is 5.10 Å². The summed E-state index contributed by atoms with van der Waals surface area (Å²) in [6, 6.07) is 1.77. The number of benzene rings is 1. The van der Waals surface area contributed by atoms with Crippen molar-refractivity contribution in [3.63, 3.8) is 0 Å². The van der Waals surface area contributed by atoms with Gasteiger partial charge in [0.05, 0.1) is 11.1 Å². The lowest BCUT2D eigenvalue weighted by Gasteiger charge is -2.47. The van der Waals surface area contributed by atoms with Crippen LogP contribution in [0.25, 0.3) is 0 Å². The lowest BCUT2D eigenvalue weighted by atomic mass is 9.72. The van der Waals surface area contributed by atoms with Crippen LogP contribution in [0.3, 0.4) is 0 Å². The maximum atomic E-state index is 13.2. The van der Waals surface area contributed by atoms with Gasteiger partial charge in [-0.3, -0.25) is 9.69 Å². The Kier molecular flexibility index (Phi) is 6.43. The molecule has 1 aromatic heterocycles. The summed E-state index contributed by atoms with van der Waals surface area (Å²) in [5.41, 5.74) is -2.38. The Bertz CT molecular complexity index is 951. The van der Waals surface area contributed by atoms with Crippen molar-refractivity contribution in [1.82, 2.24) is 19.4 Å². The summed E-state index contributed by atoms with van der Waals surface area (Å²) in [4.78, 5) is 16.2. The zero-order valence-electron chi connectivity index (χ0n) is 17.5. The number of hydrogen-bond donors (Lipinski definition) is 0. The van der Waals surface area contributed by atoms with Crippen LogP contribution in [-0.4, -0.2) is 51.5 Å². The average Bonchev–Trinajstić information content (AvgIpc) is 3.27. The molecular formula is C21H22F6N4OS. The molecule has 1 aromatic carbocycles. The molecule has 2 saturated heterocycles. The lowest BCUT2D eigenvalue weighted by molar-refractivity contribution is -0.143. The second kappa shape index (κ2) is 8.86. The molecule has 3 heterocycles. The largest absolute Gasteiger partial charge is 0.416 e. The fourth-order valence-corrected chi connectivity index (χ4v) is 5.26. The number of likely N-dealkylation sites (tertiary alicyclic amines) is 2. The van der Waals surface area contributed by atoms with E-state index in [1.165, 1.54) is 0 Å². The van der Waals surface area contributed by atoms with E-state index >= 15 is 0 Å². The van der Waals surface area contributed by atoms with Gasteiger partial charge in [-0.25, -0.2) is 0 Å². The molecule has 0 N–H and O–H groups in total. The normalized spacial score (nSPS) is 19.8. The number of nitrogens with zero attached hydrogens (tertiary/aromatic N) is 4. The summed E-state index contributed by atoms with van der Waals surface area (Å²) in [6.07, 6.45) is -6.54. The van der Waals surface area contributed by atoms with Gasteiger partial charge in [-0.05, 0) is 72.9 Å². The second-order valence-electron chi connectivity index (χ2n) is 8.81. The molecule has 12 heteroatoms. The lowest BCUT2D eigenvalue weighted by Crippen LogP contribution is -2.50. The van der Waals surface area contributed by atoms with Gasteiger partial charge in [0, 0.05) is 31.6 Å². The summed E-state index contributed by atoms with van der Waals surface area (Å²) in [5.74, 6) is -0.171. The highest BCUT2D eigenvalue weighted by Gasteiger charge is 2.41. The van der Waals surface area contributed by atoms with E-state index in [4.69, 9.17) is 0 Å². The predicted octanol–water partition coefficient (Wildman–Crippen LogP) is 5.09. The summed E-state index contributed by atoms with van der Waals surface area (Å²) >= 11 is 1.10. The number of rotatable bonds is 3. The van der Waals surface area contributed by atoms with E-state index in [0.29, 0.717) is 31.9 Å². The molecule has 0 bridgehead atoms. The Morgan fingerprint density at radius 2 is 1.61 bits per heavy atom. The molecule has 5 nitrogen and oxygen atoms in total. The molecular weight excluding hydrogens is 470 g/mol. The third kappa shape index (κ3) is 5.48. The molecule has 4 rings (SSSR count). The van der Waals surface area contributed by atoms with Crippen molar-refractivity contribution >= 4 is 17.4 Å². The number of carbonyl (C=O) groups is 1. The van der Waals surface area contributed by atoms with Gasteiger partial charge in [-0.1, -0.05) is 4.49 Å². The fourth-order valence-electron chi connectivity index (χ4n) is 4.83. The molecule has 0 aliphatic carbocycles. The Hall–Kier alpha value is -2.21.